The highest BCUT2D eigenvalue weighted by molar-refractivity contribution is 5.96. The summed E-state index contributed by atoms with van der Waals surface area (Å²) in [5, 5.41) is 11.5. The lowest BCUT2D eigenvalue weighted by Gasteiger charge is -1.99. The molecule has 1 aromatic heterocycles. The molecule has 0 spiro atoms. The van der Waals surface area contributed by atoms with Crippen LogP contribution in [0.2, 0.25) is 0 Å². The monoisotopic (exact) mass is 228 g/mol. The van der Waals surface area contributed by atoms with Crippen molar-refractivity contribution in [2.45, 2.75) is 6.54 Å². The molecular weight excluding hydrogens is 214 g/mol. The molecule has 4 nitrogen and oxygen atoms in total. The number of amidine groups is 1. The minimum Gasteiger partial charge on any atom is -0.409 e. The van der Waals surface area contributed by atoms with Gasteiger partial charge < -0.3 is 10.9 Å². The summed E-state index contributed by atoms with van der Waals surface area (Å²) in [7, 11) is 0. The molecular formula is C13H14N3O+. The molecule has 0 atom stereocenters. The second-order valence-corrected chi connectivity index (χ2v) is 3.73. The minimum absolute atomic E-state index is 0.122. The number of nitrogens with zero attached hydrogens (tertiary/aromatic N) is 2. The summed E-state index contributed by atoms with van der Waals surface area (Å²) in [6.45, 7) is 0.803. The Morgan fingerprint density at radius 2 is 1.76 bits per heavy atom. The van der Waals surface area contributed by atoms with Crippen molar-refractivity contribution in [3.05, 3.63) is 66.0 Å². The Kier molecular flexibility index (Phi) is 3.35. The summed E-state index contributed by atoms with van der Waals surface area (Å²) >= 11 is 0. The molecule has 0 bridgehead atoms. The van der Waals surface area contributed by atoms with Gasteiger partial charge in [0.05, 0.1) is 0 Å². The first-order chi connectivity index (χ1) is 8.29. The van der Waals surface area contributed by atoms with Crippen LogP contribution in [-0.2, 0) is 6.54 Å². The van der Waals surface area contributed by atoms with Gasteiger partial charge in [0.25, 0.3) is 0 Å². The first kappa shape index (κ1) is 11.1. The molecule has 86 valence electrons. The highest BCUT2D eigenvalue weighted by atomic mass is 16.4. The van der Waals surface area contributed by atoms with Crippen molar-refractivity contribution in [3.63, 3.8) is 0 Å². The quantitative estimate of drug-likeness (QED) is 0.272. The predicted octanol–water partition coefficient (Wildman–Crippen LogP) is 1.12. The second-order valence-electron chi connectivity index (χ2n) is 3.73. The number of benzene rings is 1. The lowest BCUT2D eigenvalue weighted by Crippen LogP contribution is -2.33. The van der Waals surface area contributed by atoms with Crippen LogP contribution < -0.4 is 10.3 Å². The van der Waals surface area contributed by atoms with Crippen molar-refractivity contribution >= 4 is 5.84 Å². The molecule has 0 aliphatic rings. The van der Waals surface area contributed by atoms with Crippen LogP contribution in [0.5, 0.6) is 0 Å². The van der Waals surface area contributed by atoms with E-state index in [-0.39, 0.29) is 5.84 Å². The Morgan fingerprint density at radius 3 is 2.35 bits per heavy atom. The molecule has 0 fully saturated rings. The number of nitrogens with two attached hydrogens (primary N) is 1. The molecule has 0 aliphatic heterocycles. The summed E-state index contributed by atoms with van der Waals surface area (Å²) in [5.74, 6) is 0.122. The molecule has 2 rings (SSSR count). The van der Waals surface area contributed by atoms with E-state index in [9.17, 15) is 0 Å². The van der Waals surface area contributed by atoms with Crippen molar-refractivity contribution < 1.29 is 9.77 Å². The molecule has 2 aromatic rings. The molecule has 0 amide bonds. The van der Waals surface area contributed by atoms with Crippen LogP contribution in [0.1, 0.15) is 11.1 Å². The Bertz CT molecular complexity index is 506. The highest BCUT2D eigenvalue weighted by Gasteiger charge is 2.04. The van der Waals surface area contributed by atoms with Gasteiger partial charge in [-0.1, -0.05) is 35.5 Å². The molecule has 1 aromatic carbocycles. The topological polar surface area (TPSA) is 62.5 Å². The molecule has 4 heteroatoms. The third kappa shape index (κ3) is 2.81. The largest absolute Gasteiger partial charge is 0.409 e. The van der Waals surface area contributed by atoms with Crippen molar-refractivity contribution in [2.24, 2.45) is 10.9 Å². The van der Waals surface area contributed by atoms with Crippen molar-refractivity contribution in [1.29, 1.82) is 0 Å². The van der Waals surface area contributed by atoms with Crippen LogP contribution in [0, 0.1) is 0 Å². The highest BCUT2D eigenvalue weighted by Crippen LogP contribution is 1.99. The van der Waals surface area contributed by atoms with Gasteiger partial charge in [0.1, 0.15) is 0 Å². The first-order valence-corrected chi connectivity index (χ1v) is 5.30. The van der Waals surface area contributed by atoms with Crippen LogP contribution >= 0.6 is 0 Å². The van der Waals surface area contributed by atoms with Crippen molar-refractivity contribution in [1.82, 2.24) is 0 Å². The maximum absolute atomic E-state index is 8.55. The van der Waals surface area contributed by atoms with Gasteiger partial charge in [-0.2, -0.15) is 0 Å². The lowest BCUT2D eigenvalue weighted by molar-refractivity contribution is -0.688. The molecule has 0 aliphatic carbocycles. The summed E-state index contributed by atoms with van der Waals surface area (Å²) in [4.78, 5) is 0. The SMILES string of the molecule is N/C(=N/O)c1cc[n+](Cc2ccccc2)cc1. The van der Waals surface area contributed by atoms with E-state index in [1.807, 2.05) is 47.3 Å². The average molecular weight is 228 g/mol. The molecule has 0 radical (unpaired) electrons. The van der Waals surface area contributed by atoms with Gasteiger partial charge in [0, 0.05) is 23.3 Å². The van der Waals surface area contributed by atoms with Crippen molar-refractivity contribution in [2.75, 3.05) is 0 Å². The normalized spacial score (nSPS) is 11.4. The zero-order valence-electron chi connectivity index (χ0n) is 9.32. The van der Waals surface area contributed by atoms with Gasteiger partial charge in [0.15, 0.2) is 24.8 Å². The third-order valence-electron chi connectivity index (χ3n) is 2.50. The Labute approximate surface area is 99.6 Å². The fourth-order valence-corrected chi connectivity index (χ4v) is 1.59. The van der Waals surface area contributed by atoms with Gasteiger partial charge in [-0.25, -0.2) is 4.57 Å². The number of aromatic nitrogens is 1. The Hall–Kier alpha value is -2.36. The molecule has 17 heavy (non-hydrogen) atoms. The van der Waals surface area contributed by atoms with Gasteiger partial charge >= 0.3 is 0 Å². The average Bonchev–Trinajstić information content (AvgIpc) is 2.40. The second kappa shape index (κ2) is 5.12. The smallest absolute Gasteiger partial charge is 0.173 e. The van der Waals surface area contributed by atoms with Gasteiger partial charge in [0.2, 0.25) is 0 Å². The van der Waals surface area contributed by atoms with E-state index in [2.05, 4.69) is 17.3 Å². The maximum Gasteiger partial charge on any atom is 0.173 e. The zero-order valence-corrected chi connectivity index (χ0v) is 9.32. The number of pyridine rings is 1. The van der Waals surface area contributed by atoms with Gasteiger partial charge in [-0.15, -0.1) is 0 Å². The third-order valence-corrected chi connectivity index (χ3v) is 2.50. The van der Waals surface area contributed by atoms with E-state index in [4.69, 9.17) is 10.9 Å². The summed E-state index contributed by atoms with van der Waals surface area (Å²) < 4.78 is 2.03. The number of hydrogen-bond donors (Lipinski definition) is 2. The lowest BCUT2D eigenvalue weighted by atomic mass is 10.2. The fourth-order valence-electron chi connectivity index (χ4n) is 1.59. The van der Waals surface area contributed by atoms with Crippen LogP contribution in [0.4, 0.5) is 0 Å². The Balaban J connectivity index is 2.14. The van der Waals surface area contributed by atoms with Crippen molar-refractivity contribution in [3.8, 4) is 0 Å². The summed E-state index contributed by atoms with van der Waals surface area (Å²) in [5.41, 5.74) is 7.42. The molecule has 0 unspecified atom stereocenters. The molecule has 0 saturated carbocycles. The maximum atomic E-state index is 8.55. The molecule has 0 saturated heterocycles. The van der Waals surface area contributed by atoms with E-state index in [1.54, 1.807) is 0 Å². The van der Waals surface area contributed by atoms with E-state index < -0.39 is 0 Å². The standard InChI is InChI=1S/C13H13N3O/c14-13(15-17)12-6-8-16(9-7-12)10-11-4-2-1-3-5-11/h1-9H,10,14H2/p+1. The van der Waals surface area contributed by atoms with E-state index in [0.29, 0.717) is 5.56 Å². The van der Waals surface area contributed by atoms with Crippen LogP contribution in [0.15, 0.2) is 60.0 Å². The fraction of sp³-hybridized carbons (Fsp3) is 0.0769. The minimum atomic E-state index is 0.122. The van der Waals surface area contributed by atoms with E-state index >= 15 is 0 Å². The van der Waals surface area contributed by atoms with E-state index in [0.717, 1.165) is 6.54 Å². The summed E-state index contributed by atoms with van der Waals surface area (Å²) in [6.07, 6.45) is 3.81. The van der Waals surface area contributed by atoms with Crippen LogP contribution in [-0.4, -0.2) is 11.0 Å². The first-order valence-electron chi connectivity index (χ1n) is 5.30. The zero-order chi connectivity index (χ0) is 12.1. The van der Waals surface area contributed by atoms with Gasteiger partial charge in [-0.3, -0.25) is 0 Å². The summed E-state index contributed by atoms with van der Waals surface area (Å²) in [6, 6.07) is 13.8. The van der Waals surface area contributed by atoms with E-state index in [1.165, 1.54) is 5.56 Å². The van der Waals surface area contributed by atoms with Crippen LogP contribution in [0.3, 0.4) is 0 Å². The number of rotatable bonds is 3. The molecule has 3 N–H and O–H groups in total. The number of oxime groups is 1. The Morgan fingerprint density at radius 1 is 1.12 bits per heavy atom. The van der Waals surface area contributed by atoms with Gasteiger partial charge in [-0.05, 0) is 0 Å². The van der Waals surface area contributed by atoms with Crippen LogP contribution in [0.25, 0.3) is 0 Å². The number of hydrogen-bond acceptors (Lipinski definition) is 2. The predicted molar refractivity (Wildman–Crippen MR) is 64.7 cm³/mol. The molecule has 1 heterocycles.